The molecule has 120 valence electrons. The Kier molecular flexibility index (Phi) is 5.45. The molecule has 1 saturated heterocycles. The third-order valence-corrected chi connectivity index (χ3v) is 4.96. The number of carbonyl (C=O) groups is 1. The monoisotopic (exact) mass is 297 g/mol. The van der Waals surface area contributed by atoms with Gasteiger partial charge in [0.05, 0.1) is 6.10 Å². The Labute approximate surface area is 126 Å². The number of methoxy groups -OCH3 is 1. The molecule has 1 saturated carbocycles. The first-order valence-corrected chi connectivity index (χ1v) is 7.94. The average molecular weight is 297 g/mol. The number of oxime groups is 1. The van der Waals surface area contributed by atoms with E-state index in [2.05, 4.69) is 5.16 Å². The molecule has 0 aromatic carbocycles. The van der Waals surface area contributed by atoms with E-state index >= 15 is 0 Å². The third kappa shape index (κ3) is 3.31. The summed E-state index contributed by atoms with van der Waals surface area (Å²) in [5, 5.41) is 12.4. The molecule has 1 atom stereocenters. The van der Waals surface area contributed by atoms with E-state index < -0.39 is 5.41 Å². The number of amides is 1. The standard InChI is InChI=1S/C15H27N3O3/c1-21-12-7-6-10-18(11-12)14(19)15(13(16)17-20)8-4-2-3-5-9-15/h12,20H,2-11H2,1H3,(H2,16,17). The molecule has 2 fully saturated rings. The van der Waals surface area contributed by atoms with Gasteiger partial charge in [0, 0.05) is 20.2 Å². The minimum Gasteiger partial charge on any atom is -0.409 e. The smallest absolute Gasteiger partial charge is 0.236 e. The first-order valence-electron chi connectivity index (χ1n) is 7.94. The van der Waals surface area contributed by atoms with Gasteiger partial charge in [-0.25, -0.2) is 0 Å². The van der Waals surface area contributed by atoms with Gasteiger partial charge in [0.25, 0.3) is 0 Å². The number of ether oxygens (including phenoxy) is 1. The highest BCUT2D eigenvalue weighted by Gasteiger charge is 2.46. The van der Waals surface area contributed by atoms with E-state index in [1.54, 1.807) is 7.11 Å². The van der Waals surface area contributed by atoms with Crippen molar-refractivity contribution in [1.82, 2.24) is 4.90 Å². The van der Waals surface area contributed by atoms with Crippen molar-refractivity contribution in [1.29, 1.82) is 0 Å². The van der Waals surface area contributed by atoms with Crippen molar-refractivity contribution in [2.75, 3.05) is 20.2 Å². The topological polar surface area (TPSA) is 88.2 Å². The van der Waals surface area contributed by atoms with Crippen LogP contribution in [0.4, 0.5) is 0 Å². The second-order valence-electron chi connectivity index (χ2n) is 6.23. The molecule has 1 heterocycles. The zero-order valence-corrected chi connectivity index (χ0v) is 12.9. The fraction of sp³-hybridized carbons (Fsp3) is 0.867. The third-order valence-electron chi connectivity index (χ3n) is 4.96. The van der Waals surface area contributed by atoms with E-state index in [0.29, 0.717) is 19.4 Å². The number of piperidine rings is 1. The van der Waals surface area contributed by atoms with Crippen molar-refractivity contribution in [2.24, 2.45) is 16.3 Å². The summed E-state index contributed by atoms with van der Waals surface area (Å²) in [6, 6.07) is 0. The summed E-state index contributed by atoms with van der Waals surface area (Å²) in [5.41, 5.74) is 5.13. The minimum absolute atomic E-state index is 0.0152. The van der Waals surface area contributed by atoms with Gasteiger partial charge in [0.2, 0.25) is 5.91 Å². The predicted octanol–water partition coefficient (Wildman–Crippen LogP) is 1.71. The molecular formula is C15H27N3O3. The molecule has 1 aliphatic carbocycles. The zero-order valence-electron chi connectivity index (χ0n) is 12.9. The maximum atomic E-state index is 13.1. The van der Waals surface area contributed by atoms with Crippen molar-refractivity contribution >= 4 is 11.7 Å². The van der Waals surface area contributed by atoms with Gasteiger partial charge in [-0.3, -0.25) is 4.79 Å². The fourth-order valence-corrected chi connectivity index (χ4v) is 3.63. The summed E-state index contributed by atoms with van der Waals surface area (Å²) in [4.78, 5) is 14.9. The van der Waals surface area contributed by atoms with Gasteiger partial charge in [0.1, 0.15) is 5.41 Å². The highest BCUT2D eigenvalue weighted by molar-refractivity contribution is 6.06. The lowest BCUT2D eigenvalue weighted by Gasteiger charge is -2.39. The SMILES string of the molecule is COC1CCCN(C(=O)C2(C(N)=NO)CCCCCC2)C1. The largest absolute Gasteiger partial charge is 0.409 e. The predicted molar refractivity (Wildman–Crippen MR) is 80.2 cm³/mol. The highest BCUT2D eigenvalue weighted by atomic mass is 16.5. The number of amidine groups is 1. The van der Waals surface area contributed by atoms with Crippen LogP contribution in [0.1, 0.15) is 51.4 Å². The Bertz CT molecular complexity index is 390. The first-order chi connectivity index (χ1) is 10.1. The molecule has 0 aromatic rings. The summed E-state index contributed by atoms with van der Waals surface area (Å²) in [7, 11) is 1.68. The quantitative estimate of drug-likeness (QED) is 0.273. The number of rotatable bonds is 3. The lowest BCUT2D eigenvalue weighted by atomic mass is 9.77. The zero-order chi connectivity index (χ0) is 15.3. The summed E-state index contributed by atoms with van der Waals surface area (Å²) in [6.07, 6.45) is 7.48. The molecule has 2 aliphatic rings. The van der Waals surface area contributed by atoms with Gasteiger partial charge >= 0.3 is 0 Å². The summed E-state index contributed by atoms with van der Waals surface area (Å²) in [5.74, 6) is 0.0930. The number of carbonyl (C=O) groups excluding carboxylic acids is 1. The van der Waals surface area contributed by atoms with Crippen LogP contribution in [0.15, 0.2) is 5.16 Å². The average Bonchev–Trinajstić information content (AvgIpc) is 2.80. The summed E-state index contributed by atoms with van der Waals surface area (Å²) in [6.45, 7) is 1.34. The molecule has 6 nitrogen and oxygen atoms in total. The van der Waals surface area contributed by atoms with Crippen LogP contribution in [0.3, 0.4) is 0 Å². The fourth-order valence-electron chi connectivity index (χ4n) is 3.63. The van der Waals surface area contributed by atoms with Crippen molar-refractivity contribution in [3.8, 4) is 0 Å². The van der Waals surface area contributed by atoms with Gasteiger partial charge in [-0.15, -0.1) is 0 Å². The number of nitrogens with two attached hydrogens (primary N) is 1. The van der Waals surface area contributed by atoms with Crippen LogP contribution in [-0.4, -0.2) is 48.2 Å². The number of likely N-dealkylation sites (tertiary alicyclic amines) is 1. The van der Waals surface area contributed by atoms with Crippen molar-refractivity contribution < 1.29 is 14.7 Å². The number of nitrogens with zero attached hydrogens (tertiary/aromatic N) is 2. The van der Waals surface area contributed by atoms with Gasteiger partial charge in [-0.1, -0.05) is 30.8 Å². The van der Waals surface area contributed by atoms with Crippen molar-refractivity contribution in [3.63, 3.8) is 0 Å². The Morgan fingerprint density at radius 3 is 2.52 bits per heavy atom. The minimum atomic E-state index is -0.819. The van der Waals surface area contributed by atoms with Gasteiger partial charge in [-0.05, 0) is 25.7 Å². The number of hydrogen-bond acceptors (Lipinski definition) is 4. The first kappa shape index (κ1) is 16.1. The summed E-state index contributed by atoms with van der Waals surface area (Å²) >= 11 is 0. The van der Waals surface area contributed by atoms with E-state index in [4.69, 9.17) is 15.7 Å². The normalized spacial score (nSPS) is 27.2. The van der Waals surface area contributed by atoms with Gasteiger partial charge in [-0.2, -0.15) is 0 Å². The molecule has 3 N–H and O–H groups in total. The van der Waals surface area contributed by atoms with E-state index in [1.807, 2.05) is 4.90 Å². The number of hydrogen-bond donors (Lipinski definition) is 2. The molecule has 1 unspecified atom stereocenters. The molecule has 2 rings (SSSR count). The molecule has 0 spiro atoms. The van der Waals surface area contributed by atoms with Gasteiger partial charge in [0.15, 0.2) is 5.84 Å². The highest BCUT2D eigenvalue weighted by Crippen LogP contribution is 2.38. The van der Waals surface area contributed by atoms with E-state index in [-0.39, 0.29) is 17.8 Å². The maximum Gasteiger partial charge on any atom is 0.236 e. The lowest BCUT2D eigenvalue weighted by molar-refractivity contribution is -0.142. The lowest BCUT2D eigenvalue weighted by Crippen LogP contribution is -2.54. The molecule has 0 radical (unpaired) electrons. The van der Waals surface area contributed by atoms with Crippen LogP contribution in [0.5, 0.6) is 0 Å². The summed E-state index contributed by atoms with van der Waals surface area (Å²) < 4.78 is 5.40. The Balaban J connectivity index is 2.21. The van der Waals surface area contributed by atoms with Crippen LogP contribution in [0.25, 0.3) is 0 Å². The van der Waals surface area contributed by atoms with Crippen LogP contribution in [0, 0.1) is 5.41 Å². The Hall–Kier alpha value is -1.30. The van der Waals surface area contributed by atoms with Crippen molar-refractivity contribution in [2.45, 2.75) is 57.5 Å². The van der Waals surface area contributed by atoms with Crippen molar-refractivity contribution in [3.05, 3.63) is 0 Å². The van der Waals surface area contributed by atoms with Crippen LogP contribution in [-0.2, 0) is 9.53 Å². The molecule has 1 aliphatic heterocycles. The van der Waals surface area contributed by atoms with E-state index in [9.17, 15) is 4.79 Å². The Morgan fingerprint density at radius 2 is 1.95 bits per heavy atom. The molecule has 0 aromatic heterocycles. The van der Waals surface area contributed by atoms with Crippen LogP contribution >= 0.6 is 0 Å². The van der Waals surface area contributed by atoms with E-state index in [0.717, 1.165) is 45.1 Å². The maximum absolute atomic E-state index is 13.1. The molecular weight excluding hydrogens is 270 g/mol. The Morgan fingerprint density at radius 1 is 1.29 bits per heavy atom. The molecule has 21 heavy (non-hydrogen) atoms. The molecule has 1 amide bonds. The van der Waals surface area contributed by atoms with Crippen LogP contribution < -0.4 is 5.73 Å². The van der Waals surface area contributed by atoms with E-state index in [1.165, 1.54) is 0 Å². The molecule has 6 heteroatoms. The van der Waals surface area contributed by atoms with Gasteiger partial charge < -0.3 is 20.6 Å². The van der Waals surface area contributed by atoms with Crippen LogP contribution in [0.2, 0.25) is 0 Å². The second kappa shape index (κ2) is 7.11. The second-order valence-corrected chi connectivity index (χ2v) is 6.23. The molecule has 0 bridgehead atoms.